The number of nitrogens with one attached hydrogen (secondary N) is 1. The van der Waals surface area contributed by atoms with Gasteiger partial charge in [-0.1, -0.05) is 23.7 Å². The van der Waals surface area contributed by atoms with E-state index in [1.54, 1.807) is 0 Å². The molecular formula is C13H16ClNS. The zero-order valence-corrected chi connectivity index (χ0v) is 10.8. The molecule has 3 heteroatoms. The molecule has 0 aromatic heterocycles. The van der Waals surface area contributed by atoms with Crippen molar-refractivity contribution < 1.29 is 0 Å². The first-order valence-corrected chi connectivity index (χ1v) is 7.38. The van der Waals surface area contributed by atoms with E-state index in [1.165, 1.54) is 41.9 Å². The molecule has 1 unspecified atom stereocenters. The van der Waals surface area contributed by atoms with Crippen LogP contribution in [0.4, 0.5) is 0 Å². The van der Waals surface area contributed by atoms with Crippen molar-refractivity contribution in [3.8, 4) is 0 Å². The number of rotatable bonds is 2. The van der Waals surface area contributed by atoms with Gasteiger partial charge < -0.3 is 5.32 Å². The normalized spacial score (nSPS) is 24.9. The number of thioether (sulfide) groups is 1. The fraction of sp³-hybridized carbons (Fsp3) is 0.538. The highest BCUT2D eigenvalue weighted by molar-refractivity contribution is 7.99. The molecule has 86 valence electrons. The molecule has 1 nitrogen and oxygen atoms in total. The lowest BCUT2D eigenvalue weighted by atomic mass is 10.0. The van der Waals surface area contributed by atoms with Gasteiger partial charge in [0.25, 0.3) is 0 Å². The van der Waals surface area contributed by atoms with Gasteiger partial charge in [0.1, 0.15) is 0 Å². The van der Waals surface area contributed by atoms with Crippen molar-refractivity contribution in [2.75, 3.05) is 5.75 Å². The van der Waals surface area contributed by atoms with Gasteiger partial charge >= 0.3 is 0 Å². The van der Waals surface area contributed by atoms with Crippen LogP contribution in [0.2, 0.25) is 5.02 Å². The average Bonchev–Trinajstić information content (AvgIpc) is 3.08. The Hall–Kier alpha value is -0.180. The van der Waals surface area contributed by atoms with E-state index in [0.717, 1.165) is 11.1 Å². The maximum absolute atomic E-state index is 6.28. The van der Waals surface area contributed by atoms with Gasteiger partial charge in [-0.2, -0.15) is 0 Å². The topological polar surface area (TPSA) is 12.0 Å². The molecule has 1 saturated carbocycles. The lowest BCUT2D eigenvalue weighted by molar-refractivity contribution is 0.490. The molecular weight excluding hydrogens is 238 g/mol. The second kappa shape index (κ2) is 4.59. The second-order valence-corrected chi connectivity index (χ2v) is 6.15. The summed E-state index contributed by atoms with van der Waals surface area (Å²) in [6.07, 6.45) is 5.22. The van der Waals surface area contributed by atoms with E-state index in [1.807, 2.05) is 17.8 Å². The summed E-state index contributed by atoms with van der Waals surface area (Å²) in [5, 5.41) is 4.67. The van der Waals surface area contributed by atoms with E-state index in [9.17, 15) is 0 Å². The third-order valence-corrected chi connectivity index (χ3v) is 4.93. The smallest absolute Gasteiger partial charge is 0.0545 e. The molecule has 0 saturated heterocycles. The Balaban J connectivity index is 1.92. The van der Waals surface area contributed by atoms with Gasteiger partial charge in [-0.15, -0.1) is 11.8 Å². The Morgan fingerprint density at radius 1 is 1.25 bits per heavy atom. The van der Waals surface area contributed by atoms with Crippen LogP contribution in [0.15, 0.2) is 23.1 Å². The van der Waals surface area contributed by atoms with E-state index in [-0.39, 0.29) is 0 Å². The van der Waals surface area contributed by atoms with Crippen molar-refractivity contribution in [1.82, 2.24) is 5.32 Å². The van der Waals surface area contributed by atoms with Gasteiger partial charge in [0.15, 0.2) is 0 Å². The van der Waals surface area contributed by atoms with Crippen LogP contribution in [0.25, 0.3) is 0 Å². The summed E-state index contributed by atoms with van der Waals surface area (Å²) in [6.45, 7) is 0. The minimum atomic E-state index is 0.524. The van der Waals surface area contributed by atoms with Crippen LogP contribution >= 0.6 is 23.4 Å². The molecule has 1 aromatic carbocycles. The number of fused-ring (bicyclic) bond motifs is 1. The molecule has 2 aliphatic rings. The molecule has 1 fully saturated rings. The van der Waals surface area contributed by atoms with Crippen LogP contribution in [0, 0.1) is 0 Å². The molecule has 1 aromatic rings. The van der Waals surface area contributed by atoms with Gasteiger partial charge in [-0.3, -0.25) is 0 Å². The third-order valence-electron chi connectivity index (χ3n) is 3.27. The third kappa shape index (κ3) is 2.24. The first kappa shape index (κ1) is 10.9. The maximum Gasteiger partial charge on any atom is 0.0545 e. The van der Waals surface area contributed by atoms with Gasteiger partial charge in [-0.25, -0.2) is 0 Å². The quantitative estimate of drug-likeness (QED) is 0.855. The van der Waals surface area contributed by atoms with E-state index >= 15 is 0 Å². The van der Waals surface area contributed by atoms with Gasteiger partial charge in [0.05, 0.1) is 5.02 Å². The zero-order valence-electron chi connectivity index (χ0n) is 9.21. The van der Waals surface area contributed by atoms with Crippen LogP contribution in [0.3, 0.4) is 0 Å². The fourth-order valence-corrected chi connectivity index (χ4v) is 3.72. The highest BCUT2D eigenvalue weighted by Crippen LogP contribution is 2.40. The SMILES string of the molecule is Clc1cccc2c1SCCCC2NC1CC1. The molecule has 0 radical (unpaired) electrons. The standard InChI is InChI=1S/C13H16ClNS/c14-11-4-1-3-10-12(15-9-6-7-9)5-2-8-16-13(10)11/h1,3-4,9,12,15H,2,5-8H2. The Morgan fingerprint density at radius 3 is 2.94 bits per heavy atom. The summed E-state index contributed by atoms with van der Waals surface area (Å²) in [5.74, 6) is 1.19. The van der Waals surface area contributed by atoms with Crippen molar-refractivity contribution in [3.05, 3.63) is 28.8 Å². The molecule has 1 aliphatic heterocycles. The van der Waals surface area contributed by atoms with Crippen molar-refractivity contribution in [2.24, 2.45) is 0 Å². The Bertz CT molecular complexity index is 390. The number of benzene rings is 1. The summed E-state index contributed by atoms with van der Waals surface area (Å²) in [6, 6.07) is 7.61. The lowest BCUT2D eigenvalue weighted by Crippen LogP contribution is -2.23. The maximum atomic E-state index is 6.28. The van der Waals surface area contributed by atoms with E-state index in [2.05, 4.69) is 17.4 Å². The van der Waals surface area contributed by atoms with Crippen molar-refractivity contribution >= 4 is 23.4 Å². The summed E-state index contributed by atoms with van der Waals surface area (Å²) >= 11 is 8.20. The number of hydrogen-bond acceptors (Lipinski definition) is 2. The van der Waals surface area contributed by atoms with E-state index in [0.29, 0.717) is 6.04 Å². The molecule has 0 bridgehead atoms. The average molecular weight is 254 g/mol. The lowest BCUT2D eigenvalue weighted by Gasteiger charge is -2.19. The molecule has 16 heavy (non-hydrogen) atoms. The largest absolute Gasteiger partial charge is 0.307 e. The summed E-state index contributed by atoms with van der Waals surface area (Å²) in [4.78, 5) is 1.31. The van der Waals surface area contributed by atoms with Crippen LogP contribution in [-0.4, -0.2) is 11.8 Å². The first-order chi connectivity index (χ1) is 7.84. The Kier molecular flexibility index (Phi) is 3.14. The minimum Gasteiger partial charge on any atom is -0.307 e. The molecule has 0 amide bonds. The molecule has 0 spiro atoms. The summed E-state index contributed by atoms with van der Waals surface area (Å²) in [5.41, 5.74) is 1.42. The first-order valence-electron chi connectivity index (χ1n) is 6.02. The molecule has 1 aliphatic carbocycles. The Labute approximate surface area is 106 Å². The highest BCUT2D eigenvalue weighted by atomic mass is 35.5. The highest BCUT2D eigenvalue weighted by Gasteiger charge is 2.27. The van der Waals surface area contributed by atoms with Crippen LogP contribution < -0.4 is 5.32 Å². The van der Waals surface area contributed by atoms with Crippen molar-refractivity contribution in [1.29, 1.82) is 0 Å². The molecule has 1 heterocycles. The molecule has 1 N–H and O–H groups in total. The zero-order chi connectivity index (χ0) is 11.0. The van der Waals surface area contributed by atoms with Gasteiger partial charge in [0.2, 0.25) is 0 Å². The second-order valence-electron chi connectivity index (χ2n) is 4.64. The minimum absolute atomic E-state index is 0.524. The van der Waals surface area contributed by atoms with E-state index in [4.69, 9.17) is 11.6 Å². The van der Waals surface area contributed by atoms with Crippen molar-refractivity contribution in [3.63, 3.8) is 0 Å². The fourth-order valence-electron chi connectivity index (χ4n) is 2.28. The van der Waals surface area contributed by atoms with Gasteiger partial charge in [0, 0.05) is 17.0 Å². The Morgan fingerprint density at radius 2 is 2.12 bits per heavy atom. The number of halogens is 1. The number of hydrogen-bond donors (Lipinski definition) is 1. The monoisotopic (exact) mass is 253 g/mol. The van der Waals surface area contributed by atoms with Gasteiger partial charge in [-0.05, 0) is 43.1 Å². The van der Waals surface area contributed by atoms with Crippen LogP contribution in [-0.2, 0) is 0 Å². The van der Waals surface area contributed by atoms with Crippen LogP contribution in [0.5, 0.6) is 0 Å². The summed E-state index contributed by atoms with van der Waals surface area (Å²) in [7, 11) is 0. The van der Waals surface area contributed by atoms with Crippen molar-refractivity contribution in [2.45, 2.75) is 42.7 Å². The molecule has 3 rings (SSSR count). The molecule has 1 atom stereocenters. The predicted octanol–water partition coefficient (Wildman–Crippen LogP) is 4.02. The predicted molar refractivity (Wildman–Crippen MR) is 70.3 cm³/mol. The summed E-state index contributed by atoms with van der Waals surface area (Å²) < 4.78 is 0. The van der Waals surface area contributed by atoms with Crippen LogP contribution in [0.1, 0.15) is 37.3 Å². The van der Waals surface area contributed by atoms with E-state index < -0.39 is 0 Å².